The molecule has 0 aliphatic rings. The van der Waals surface area contributed by atoms with Crippen LogP contribution in [0.1, 0.15) is 28.4 Å². The number of hydrogen-bond acceptors (Lipinski definition) is 5. The molecule has 2 aromatic carbocycles. The van der Waals surface area contributed by atoms with Crippen molar-refractivity contribution < 1.29 is 19.1 Å². The van der Waals surface area contributed by atoms with Crippen LogP contribution < -0.4 is 5.63 Å². The van der Waals surface area contributed by atoms with Gasteiger partial charge in [0.05, 0.1) is 5.56 Å². The van der Waals surface area contributed by atoms with Crippen molar-refractivity contribution in [3.05, 3.63) is 75.6 Å². The lowest BCUT2D eigenvalue weighted by molar-refractivity contribution is 0.0474. The van der Waals surface area contributed by atoms with Crippen molar-refractivity contribution in [3.8, 4) is 5.75 Å². The van der Waals surface area contributed by atoms with Crippen molar-refractivity contribution in [1.29, 1.82) is 0 Å². The number of hydrogen-bond donors (Lipinski definition) is 1. The average molecular weight is 324 g/mol. The average Bonchev–Trinajstić information content (AvgIpc) is 2.59. The lowest BCUT2D eigenvalue weighted by atomic mass is 10.0. The maximum Gasteiger partial charge on any atom is 0.338 e. The SMILES string of the molecule is CCc1cc2c(COC(=O)c3ccccc3)cc(=O)oc2cc1O. The van der Waals surface area contributed by atoms with Crippen LogP contribution in [0.5, 0.6) is 5.75 Å². The summed E-state index contributed by atoms with van der Waals surface area (Å²) in [5.74, 6) is -0.391. The van der Waals surface area contributed by atoms with E-state index in [1.807, 2.05) is 13.0 Å². The molecule has 1 aromatic heterocycles. The zero-order valence-electron chi connectivity index (χ0n) is 13.1. The van der Waals surface area contributed by atoms with E-state index in [0.29, 0.717) is 22.9 Å². The molecule has 0 fully saturated rings. The second-order valence-corrected chi connectivity index (χ2v) is 5.36. The summed E-state index contributed by atoms with van der Waals surface area (Å²) in [5.41, 5.74) is 1.42. The maximum absolute atomic E-state index is 12.1. The Balaban J connectivity index is 1.94. The fraction of sp³-hybridized carbons (Fsp3) is 0.158. The molecule has 0 radical (unpaired) electrons. The third kappa shape index (κ3) is 3.15. The molecular formula is C19H16O5. The molecule has 5 nitrogen and oxygen atoms in total. The van der Waals surface area contributed by atoms with Gasteiger partial charge in [0.15, 0.2) is 0 Å². The molecule has 0 saturated carbocycles. The first-order valence-electron chi connectivity index (χ1n) is 7.59. The van der Waals surface area contributed by atoms with Crippen molar-refractivity contribution in [2.24, 2.45) is 0 Å². The first-order valence-corrected chi connectivity index (χ1v) is 7.59. The van der Waals surface area contributed by atoms with Gasteiger partial charge in [-0.05, 0) is 30.2 Å². The van der Waals surface area contributed by atoms with Gasteiger partial charge >= 0.3 is 11.6 Å². The van der Waals surface area contributed by atoms with Crippen molar-refractivity contribution in [1.82, 2.24) is 0 Å². The van der Waals surface area contributed by atoms with E-state index in [1.165, 1.54) is 12.1 Å². The topological polar surface area (TPSA) is 76.7 Å². The molecule has 0 unspecified atom stereocenters. The van der Waals surface area contributed by atoms with E-state index in [4.69, 9.17) is 9.15 Å². The molecule has 1 N–H and O–H groups in total. The maximum atomic E-state index is 12.1. The number of aryl methyl sites for hydroxylation is 1. The zero-order chi connectivity index (χ0) is 17.1. The molecule has 1 heterocycles. The Hall–Kier alpha value is -3.08. The lowest BCUT2D eigenvalue weighted by Crippen LogP contribution is -2.08. The molecule has 0 aliphatic carbocycles. The van der Waals surface area contributed by atoms with Crippen molar-refractivity contribution >= 4 is 16.9 Å². The molecule has 0 atom stereocenters. The summed E-state index contributed by atoms with van der Waals surface area (Å²) in [6, 6.07) is 13.1. The summed E-state index contributed by atoms with van der Waals surface area (Å²) in [5, 5.41) is 10.6. The van der Waals surface area contributed by atoms with E-state index < -0.39 is 11.6 Å². The number of phenols is 1. The number of benzene rings is 2. The Morgan fingerprint density at radius 2 is 1.88 bits per heavy atom. The van der Waals surface area contributed by atoms with Crippen LogP contribution in [-0.4, -0.2) is 11.1 Å². The molecular weight excluding hydrogens is 308 g/mol. The van der Waals surface area contributed by atoms with Gasteiger partial charge in [-0.3, -0.25) is 0 Å². The van der Waals surface area contributed by atoms with Crippen LogP contribution in [0, 0.1) is 0 Å². The predicted molar refractivity (Wildman–Crippen MR) is 89.1 cm³/mol. The molecule has 5 heteroatoms. The van der Waals surface area contributed by atoms with Gasteiger partial charge in [0.2, 0.25) is 0 Å². The van der Waals surface area contributed by atoms with Gasteiger partial charge in [0.25, 0.3) is 0 Å². The third-order valence-electron chi connectivity index (χ3n) is 3.78. The number of aromatic hydroxyl groups is 1. The zero-order valence-corrected chi connectivity index (χ0v) is 13.1. The van der Waals surface area contributed by atoms with Gasteiger partial charge in [-0.15, -0.1) is 0 Å². The number of rotatable bonds is 4. The van der Waals surface area contributed by atoms with Gasteiger partial charge in [-0.2, -0.15) is 0 Å². The van der Waals surface area contributed by atoms with E-state index in [2.05, 4.69) is 0 Å². The first-order chi connectivity index (χ1) is 11.6. The number of esters is 1. The Morgan fingerprint density at radius 1 is 1.12 bits per heavy atom. The number of fused-ring (bicyclic) bond motifs is 1. The van der Waals surface area contributed by atoms with Crippen LogP contribution in [0.4, 0.5) is 0 Å². The highest BCUT2D eigenvalue weighted by atomic mass is 16.5. The van der Waals surface area contributed by atoms with Gasteiger partial charge in [0.1, 0.15) is 17.9 Å². The second-order valence-electron chi connectivity index (χ2n) is 5.36. The lowest BCUT2D eigenvalue weighted by Gasteiger charge is -2.09. The number of phenolic OH excluding ortho intramolecular Hbond substituents is 1. The largest absolute Gasteiger partial charge is 0.508 e. The Morgan fingerprint density at radius 3 is 2.58 bits per heavy atom. The number of carbonyl (C=O) groups is 1. The van der Waals surface area contributed by atoms with E-state index in [1.54, 1.807) is 30.3 Å². The van der Waals surface area contributed by atoms with Gasteiger partial charge in [-0.25, -0.2) is 9.59 Å². The summed E-state index contributed by atoms with van der Waals surface area (Å²) in [4.78, 5) is 23.7. The molecule has 3 aromatic rings. The third-order valence-corrected chi connectivity index (χ3v) is 3.78. The minimum Gasteiger partial charge on any atom is -0.508 e. The van der Waals surface area contributed by atoms with Crippen LogP contribution in [0.3, 0.4) is 0 Å². The normalized spacial score (nSPS) is 10.7. The summed E-state index contributed by atoms with van der Waals surface area (Å²) >= 11 is 0. The fourth-order valence-electron chi connectivity index (χ4n) is 2.51. The van der Waals surface area contributed by atoms with Crippen molar-refractivity contribution in [2.75, 3.05) is 0 Å². The standard InChI is InChI=1S/C19H16O5/c1-2-12-8-15-14(9-18(21)24-17(15)10-16(12)20)11-23-19(22)13-6-4-3-5-7-13/h3-10,20H,2,11H2,1H3. The van der Waals surface area contributed by atoms with E-state index in [-0.39, 0.29) is 17.9 Å². The Labute approximate surface area is 138 Å². The number of ether oxygens (including phenoxy) is 1. The summed E-state index contributed by atoms with van der Waals surface area (Å²) in [6.07, 6.45) is 0.629. The molecule has 0 aliphatic heterocycles. The van der Waals surface area contributed by atoms with Gasteiger partial charge in [0, 0.05) is 23.1 Å². The van der Waals surface area contributed by atoms with Crippen LogP contribution in [0.25, 0.3) is 11.0 Å². The van der Waals surface area contributed by atoms with Crippen LogP contribution in [0.2, 0.25) is 0 Å². The molecule has 0 saturated heterocycles. The van der Waals surface area contributed by atoms with Crippen LogP contribution in [-0.2, 0) is 17.8 Å². The molecule has 122 valence electrons. The van der Waals surface area contributed by atoms with Crippen molar-refractivity contribution in [3.63, 3.8) is 0 Å². The summed E-state index contributed by atoms with van der Waals surface area (Å²) in [6.45, 7) is 1.86. The summed E-state index contributed by atoms with van der Waals surface area (Å²) < 4.78 is 10.4. The highest BCUT2D eigenvalue weighted by molar-refractivity contribution is 5.89. The fourth-order valence-corrected chi connectivity index (χ4v) is 2.51. The molecule has 0 amide bonds. The quantitative estimate of drug-likeness (QED) is 0.588. The minimum absolute atomic E-state index is 0.0518. The van der Waals surface area contributed by atoms with E-state index in [0.717, 1.165) is 5.56 Å². The Kier molecular flexibility index (Phi) is 4.33. The van der Waals surface area contributed by atoms with E-state index >= 15 is 0 Å². The molecule has 0 spiro atoms. The summed E-state index contributed by atoms with van der Waals surface area (Å²) in [7, 11) is 0. The van der Waals surface area contributed by atoms with Gasteiger partial charge < -0.3 is 14.3 Å². The molecule has 0 bridgehead atoms. The highest BCUT2D eigenvalue weighted by Crippen LogP contribution is 2.27. The smallest absolute Gasteiger partial charge is 0.338 e. The van der Waals surface area contributed by atoms with E-state index in [9.17, 15) is 14.7 Å². The minimum atomic E-state index is -0.558. The van der Waals surface area contributed by atoms with Crippen LogP contribution >= 0.6 is 0 Å². The number of carbonyl (C=O) groups excluding carboxylic acids is 1. The molecule has 3 rings (SSSR count). The second kappa shape index (κ2) is 6.58. The highest BCUT2D eigenvalue weighted by Gasteiger charge is 2.12. The first kappa shape index (κ1) is 15.8. The molecule has 24 heavy (non-hydrogen) atoms. The predicted octanol–water partition coefficient (Wildman–Crippen LogP) is 3.42. The Bertz CT molecular complexity index is 941. The van der Waals surface area contributed by atoms with Crippen LogP contribution in [0.15, 0.2) is 57.7 Å². The van der Waals surface area contributed by atoms with Gasteiger partial charge in [-0.1, -0.05) is 25.1 Å². The van der Waals surface area contributed by atoms with Crippen molar-refractivity contribution in [2.45, 2.75) is 20.0 Å². The monoisotopic (exact) mass is 324 g/mol.